The number of hydrogen-bond acceptors (Lipinski definition) is 4. The summed E-state index contributed by atoms with van der Waals surface area (Å²) >= 11 is 0. The molecular formula is C31H28N2O2. The molecule has 35 heavy (non-hydrogen) atoms. The highest BCUT2D eigenvalue weighted by atomic mass is 16.1. The number of carbonyl (C=O) groups excluding carboxylic acids is 2. The van der Waals surface area contributed by atoms with Gasteiger partial charge < -0.3 is 0 Å². The second-order valence-corrected chi connectivity index (χ2v) is 8.39. The van der Waals surface area contributed by atoms with E-state index in [0.29, 0.717) is 24.4 Å². The fraction of sp³-hybridized carbons (Fsp3) is 0.129. The first kappa shape index (κ1) is 23.8. The predicted octanol–water partition coefficient (Wildman–Crippen LogP) is 6.33. The van der Waals surface area contributed by atoms with Crippen molar-refractivity contribution >= 4 is 17.3 Å². The zero-order valence-corrected chi connectivity index (χ0v) is 19.6. The summed E-state index contributed by atoms with van der Waals surface area (Å²) in [6.45, 7) is 1.20. The molecule has 0 unspecified atom stereocenters. The molecule has 4 heteroatoms. The summed E-state index contributed by atoms with van der Waals surface area (Å²) in [5, 5.41) is 6.96. The number of benzene rings is 4. The van der Waals surface area contributed by atoms with Gasteiger partial charge in [0.25, 0.3) is 0 Å². The average molecular weight is 461 g/mol. The molecule has 0 bridgehead atoms. The molecule has 0 aliphatic rings. The van der Waals surface area contributed by atoms with Crippen molar-refractivity contribution in [2.24, 2.45) is 5.10 Å². The second kappa shape index (κ2) is 12.2. The van der Waals surface area contributed by atoms with E-state index in [1.54, 1.807) is 24.3 Å². The quantitative estimate of drug-likeness (QED) is 0.114. The van der Waals surface area contributed by atoms with Crippen LogP contribution in [0.15, 0.2) is 126 Å². The van der Waals surface area contributed by atoms with Gasteiger partial charge in [-0.1, -0.05) is 121 Å². The first-order chi connectivity index (χ1) is 17.2. The van der Waals surface area contributed by atoms with Gasteiger partial charge in [-0.05, 0) is 16.7 Å². The second-order valence-electron chi connectivity index (χ2n) is 8.39. The molecule has 0 N–H and O–H groups in total. The molecular weight excluding hydrogens is 432 g/mol. The summed E-state index contributed by atoms with van der Waals surface area (Å²) < 4.78 is 0. The van der Waals surface area contributed by atoms with E-state index in [9.17, 15) is 9.59 Å². The number of hydrogen-bond donors (Lipinski definition) is 0. The van der Waals surface area contributed by atoms with Crippen LogP contribution in [-0.2, 0) is 17.9 Å². The standard InChI is InChI=1S/C31H28N2O2/c34-29(22-31(35)28-19-11-4-12-20-28)21-30(27-17-9-3-10-18-27)32-33(23-25-13-5-1-6-14-25)24-26-15-7-2-8-16-26/h1-20H,21-24H2. The largest absolute Gasteiger partial charge is 0.299 e. The van der Waals surface area contributed by atoms with Crippen LogP contribution >= 0.6 is 0 Å². The summed E-state index contributed by atoms with van der Waals surface area (Å²) in [6, 6.07) is 39.0. The van der Waals surface area contributed by atoms with E-state index in [-0.39, 0.29) is 24.4 Å². The molecule has 0 saturated heterocycles. The molecule has 0 fully saturated rings. The van der Waals surface area contributed by atoms with Gasteiger partial charge in [-0.15, -0.1) is 0 Å². The van der Waals surface area contributed by atoms with Crippen molar-refractivity contribution in [3.63, 3.8) is 0 Å². The molecule has 0 saturated carbocycles. The van der Waals surface area contributed by atoms with Gasteiger partial charge in [0.2, 0.25) is 0 Å². The lowest BCUT2D eigenvalue weighted by Gasteiger charge is -2.22. The van der Waals surface area contributed by atoms with E-state index in [4.69, 9.17) is 5.10 Å². The van der Waals surface area contributed by atoms with Crippen molar-refractivity contribution in [1.29, 1.82) is 0 Å². The topological polar surface area (TPSA) is 49.7 Å². The van der Waals surface area contributed by atoms with E-state index < -0.39 is 0 Å². The van der Waals surface area contributed by atoms with Gasteiger partial charge >= 0.3 is 0 Å². The van der Waals surface area contributed by atoms with Crippen molar-refractivity contribution in [3.05, 3.63) is 144 Å². The van der Waals surface area contributed by atoms with Crippen LogP contribution < -0.4 is 0 Å². The minimum atomic E-state index is -0.173. The molecule has 0 heterocycles. The highest BCUT2D eigenvalue weighted by molar-refractivity contribution is 6.16. The van der Waals surface area contributed by atoms with Crippen LogP contribution in [0.4, 0.5) is 0 Å². The lowest BCUT2D eigenvalue weighted by atomic mass is 10.00. The molecule has 0 aliphatic carbocycles. The van der Waals surface area contributed by atoms with Gasteiger partial charge in [-0.2, -0.15) is 5.10 Å². The number of nitrogens with zero attached hydrogens (tertiary/aromatic N) is 2. The third kappa shape index (κ3) is 7.34. The zero-order valence-electron chi connectivity index (χ0n) is 19.6. The van der Waals surface area contributed by atoms with Gasteiger partial charge in [0.05, 0.1) is 31.6 Å². The Morgan fingerprint density at radius 3 is 1.46 bits per heavy atom. The summed E-state index contributed by atoms with van der Waals surface area (Å²) in [7, 11) is 0. The van der Waals surface area contributed by atoms with Crippen molar-refractivity contribution in [2.75, 3.05) is 0 Å². The van der Waals surface area contributed by atoms with Crippen molar-refractivity contribution in [2.45, 2.75) is 25.9 Å². The Kier molecular flexibility index (Phi) is 8.33. The van der Waals surface area contributed by atoms with Gasteiger partial charge in [-0.3, -0.25) is 14.6 Å². The molecule has 4 rings (SSSR count). The van der Waals surface area contributed by atoms with E-state index in [1.807, 2.05) is 77.8 Å². The van der Waals surface area contributed by atoms with Crippen molar-refractivity contribution < 1.29 is 9.59 Å². The van der Waals surface area contributed by atoms with Gasteiger partial charge in [0.15, 0.2) is 5.78 Å². The third-order valence-electron chi connectivity index (χ3n) is 5.60. The summed E-state index contributed by atoms with van der Waals surface area (Å²) in [6.07, 6.45) is -0.0596. The maximum absolute atomic E-state index is 13.0. The van der Waals surface area contributed by atoms with Crippen LogP contribution in [-0.4, -0.2) is 22.3 Å². The third-order valence-corrected chi connectivity index (χ3v) is 5.60. The molecule has 0 radical (unpaired) electrons. The highest BCUT2D eigenvalue weighted by Gasteiger charge is 2.17. The Balaban J connectivity index is 1.60. The van der Waals surface area contributed by atoms with E-state index in [0.717, 1.165) is 16.7 Å². The van der Waals surface area contributed by atoms with Crippen molar-refractivity contribution in [3.8, 4) is 0 Å². The number of rotatable bonds is 11. The monoisotopic (exact) mass is 460 g/mol. The van der Waals surface area contributed by atoms with Crippen LogP contribution in [0.1, 0.15) is 39.9 Å². The molecule has 0 amide bonds. The molecule has 0 aromatic heterocycles. The number of ketones is 2. The van der Waals surface area contributed by atoms with Crippen molar-refractivity contribution in [1.82, 2.24) is 5.01 Å². The van der Waals surface area contributed by atoms with Gasteiger partial charge in [0.1, 0.15) is 5.78 Å². The lowest BCUT2D eigenvalue weighted by molar-refractivity contribution is -0.117. The fourth-order valence-electron chi connectivity index (χ4n) is 3.87. The minimum Gasteiger partial charge on any atom is -0.299 e. The van der Waals surface area contributed by atoms with Crippen LogP contribution in [0.5, 0.6) is 0 Å². The zero-order chi connectivity index (χ0) is 24.3. The van der Waals surface area contributed by atoms with Crippen LogP contribution in [0.3, 0.4) is 0 Å². The van der Waals surface area contributed by atoms with Gasteiger partial charge in [0, 0.05) is 5.56 Å². The van der Waals surface area contributed by atoms with Crippen LogP contribution in [0.25, 0.3) is 0 Å². The maximum Gasteiger partial charge on any atom is 0.170 e. The van der Waals surface area contributed by atoms with E-state index in [1.165, 1.54) is 0 Å². The Morgan fingerprint density at radius 1 is 0.543 bits per heavy atom. The molecule has 174 valence electrons. The molecule has 4 nitrogen and oxygen atoms in total. The number of hydrazone groups is 1. The SMILES string of the molecule is O=C(CC(=O)c1ccccc1)CC(=NN(Cc1ccccc1)Cc1ccccc1)c1ccccc1. The predicted molar refractivity (Wildman–Crippen MR) is 140 cm³/mol. The molecule has 0 spiro atoms. The summed E-state index contributed by atoms with van der Waals surface area (Å²) in [4.78, 5) is 25.6. The Labute approximate surface area is 206 Å². The molecule has 4 aromatic rings. The fourth-order valence-corrected chi connectivity index (χ4v) is 3.87. The Bertz CT molecular complexity index is 1210. The average Bonchev–Trinajstić information content (AvgIpc) is 2.90. The maximum atomic E-state index is 13.0. The van der Waals surface area contributed by atoms with Crippen LogP contribution in [0.2, 0.25) is 0 Å². The number of carbonyl (C=O) groups is 2. The van der Waals surface area contributed by atoms with Gasteiger partial charge in [-0.25, -0.2) is 0 Å². The molecule has 0 aliphatic heterocycles. The minimum absolute atomic E-state index is 0.0860. The highest BCUT2D eigenvalue weighted by Crippen LogP contribution is 2.15. The molecule has 4 aromatic carbocycles. The summed E-state index contributed by atoms with van der Waals surface area (Å²) in [5.41, 5.74) is 4.34. The van der Waals surface area contributed by atoms with E-state index in [2.05, 4.69) is 24.3 Å². The van der Waals surface area contributed by atoms with E-state index >= 15 is 0 Å². The Hall–Kier alpha value is -4.31. The summed E-state index contributed by atoms with van der Waals surface area (Å²) in [5.74, 6) is -0.325. The Morgan fingerprint density at radius 2 is 0.971 bits per heavy atom. The smallest absolute Gasteiger partial charge is 0.170 e. The first-order valence-electron chi connectivity index (χ1n) is 11.7. The molecule has 0 atom stereocenters. The number of Topliss-reactive ketones (excluding diaryl/α,β-unsaturated/α-hetero) is 2. The lowest BCUT2D eigenvalue weighted by Crippen LogP contribution is -2.22. The normalized spacial score (nSPS) is 11.1. The van der Waals surface area contributed by atoms with Crippen LogP contribution in [0, 0.1) is 0 Å². The first-order valence-corrected chi connectivity index (χ1v) is 11.7.